The molecule has 0 spiro atoms. The number of hydrogen-bond acceptors (Lipinski definition) is 3. The summed E-state index contributed by atoms with van der Waals surface area (Å²) in [6.45, 7) is 7.72. The predicted octanol–water partition coefficient (Wildman–Crippen LogP) is 1.12. The topological polar surface area (TPSA) is 40.5 Å². The van der Waals surface area contributed by atoms with Gasteiger partial charge in [0.2, 0.25) is 0 Å². The van der Waals surface area contributed by atoms with E-state index in [1.165, 1.54) is 0 Å². The molecule has 1 aromatic heterocycles. The average molecular weight is 261 g/mol. The van der Waals surface area contributed by atoms with Crippen molar-refractivity contribution < 1.29 is 9.31 Å². The summed E-state index contributed by atoms with van der Waals surface area (Å²) in [4.78, 5) is 11.9. The number of rotatable bonds is 1. The molecule has 5 heteroatoms. The zero-order valence-electron chi connectivity index (χ0n) is 11.8. The molecule has 1 unspecified atom stereocenters. The third kappa shape index (κ3) is 2.25. The van der Waals surface area contributed by atoms with Crippen LogP contribution < -0.4 is 11.0 Å². The number of pyridine rings is 1. The van der Waals surface area contributed by atoms with Gasteiger partial charge in [-0.05, 0) is 19.8 Å². The summed E-state index contributed by atoms with van der Waals surface area (Å²) < 4.78 is 13.6. The van der Waals surface area contributed by atoms with Crippen molar-refractivity contribution in [1.29, 1.82) is 0 Å². The van der Waals surface area contributed by atoms with Crippen molar-refractivity contribution in [2.45, 2.75) is 39.7 Å². The third-order valence-corrected chi connectivity index (χ3v) is 4.01. The zero-order chi connectivity index (χ0) is 13.6. The smallest absolute Gasteiger partial charge is 0.407 e. The highest BCUT2D eigenvalue weighted by Gasteiger charge is 2.36. The van der Waals surface area contributed by atoms with Crippen molar-refractivity contribution in [2.75, 3.05) is 13.2 Å². The quantitative estimate of drug-likeness (QED) is 0.711. The highest BCUT2D eigenvalue weighted by atomic mass is 16.6. The normalized spacial score (nSPS) is 25.4. The van der Waals surface area contributed by atoms with Gasteiger partial charge in [0.05, 0.1) is 0 Å². The number of fused-ring (bicyclic) bond motifs is 1. The second kappa shape index (κ2) is 4.49. The van der Waals surface area contributed by atoms with E-state index in [-0.39, 0.29) is 24.1 Å². The lowest BCUT2D eigenvalue weighted by Gasteiger charge is -2.33. The molecule has 3 rings (SSSR count). The van der Waals surface area contributed by atoms with Crippen LogP contribution in [0.5, 0.6) is 0 Å². The van der Waals surface area contributed by atoms with Crippen molar-refractivity contribution in [3.63, 3.8) is 0 Å². The summed E-state index contributed by atoms with van der Waals surface area (Å²) in [5, 5.41) is 0. The molecule has 0 N–H and O–H groups in total. The Labute approximate surface area is 113 Å². The van der Waals surface area contributed by atoms with E-state index in [1.54, 1.807) is 6.07 Å². The van der Waals surface area contributed by atoms with E-state index in [2.05, 4.69) is 20.8 Å². The summed E-state index contributed by atoms with van der Waals surface area (Å²) in [5.74, 6) is 0. The van der Waals surface area contributed by atoms with Crippen LogP contribution in [-0.2, 0) is 15.7 Å². The number of nitrogens with zero attached hydrogens (tertiary/aromatic N) is 1. The summed E-state index contributed by atoms with van der Waals surface area (Å²) in [6, 6.07) is 3.78. The van der Waals surface area contributed by atoms with Crippen LogP contribution in [-0.4, -0.2) is 24.9 Å². The molecule has 1 aromatic rings. The van der Waals surface area contributed by atoms with Crippen molar-refractivity contribution in [3.05, 3.63) is 28.2 Å². The lowest BCUT2D eigenvalue weighted by atomic mass is 9.74. The molecule has 19 heavy (non-hydrogen) atoms. The van der Waals surface area contributed by atoms with Crippen LogP contribution in [0.25, 0.3) is 0 Å². The Hall–Kier alpha value is -1.07. The first-order valence-electron chi connectivity index (χ1n) is 6.95. The van der Waals surface area contributed by atoms with Gasteiger partial charge in [-0.3, -0.25) is 4.79 Å². The molecular weight excluding hydrogens is 241 g/mol. The van der Waals surface area contributed by atoms with E-state index in [4.69, 9.17) is 9.31 Å². The molecule has 3 heterocycles. The molecule has 1 saturated heterocycles. The maximum atomic E-state index is 11.9. The van der Waals surface area contributed by atoms with Crippen LogP contribution in [0.4, 0.5) is 0 Å². The lowest BCUT2D eigenvalue weighted by Crippen LogP contribution is -2.49. The molecule has 2 aliphatic heterocycles. The first kappa shape index (κ1) is 12.9. The Kier molecular flexibility index (Phi) is 3.06. The molecule has 0 radical (unpaired) electrons. The van der Waals surface area contributed by atoms with E-state index >= 15 is 0 Å². The highest BCUT2D eigenvalue weighted by molar-refractivity contribution is 6.61. The molecular formula is C14H20BNO3. The van der Waals surface area contributed by atoms with Crippen molar-refractivity contribution in [3.8, 4) is 0 Å². The molecule has 1 atom stereocenters. The number of hydrogen-bond donors (Lipinski definition) is 0. The maximum absolute atomic E-state index is 11.9. The first-order chi connectivity index (χ1) is 8.98. The fraction of sp³-hybridized carbons (Fsp3) is 0.643. The van der Waals surface area contributed by atoms with Gasteiger partial charge in [-0.1, -0.05) is 19.9 Å². The molecule has 0 aromatic carbocycles. The number of aromatic nitrogens is 1. The van der Waals surface area contributed by atoms with E-state index in [0.717, 1.165) is 24.0 Å². The molecule has 2 aliphatic rings. The van der Waals surface area contributed by atoms with Crippen molar-refractivity contribution >= 4 is 12.6 Å². The molecule has 4 nitrogen and oxygen atoms in total. The average Bonchev–Trinajstić information content (AvgIpc) is 2.74. The summed E-state index contributed by atoms with van der Waals surface area (Å²) >= 11 is 0. The summed E-state index contributed by atoms with van der Waals surface area (Å²) in [7, 11) is -0.319. The van der Waals surface area contributed by atoms with Gasteiger partial charge in [0.15, 0.2) is 0 Å². The van der Waals surface area contributed by atoms with Crippen LogP contribution >= 0.6 is 0 Å². The molecule has 0 amide bonds. The van der Waals surface area contributed by atoms with E-state index in [0.29, 0.717) is 13.2 Å². The van der Waals surface area contributed by atoms with E-state index in [9.17, 15) is 4.79 Å². The molecule has 1 fully saturated rings. The monoisotopic (exact) mass is 261 g/mol. The van der Waals surface area contributed by atoms with Gasteiger partial charge in [0.25, 0.3) is 5.56 Å². The molecule has 0 saturated carbocycles. The van der Waals surface area contributed by atoms with Gasteiger partial charge in [-0.2, -0.15) is 0 Å². The van der Waals surface area contributed by atoms with Crippen molar-refractivity contribution in [1.82, 2.24) is 4.57 Å². The molecule has 0 bridgehead atoms. The van der Waals surface area contributed by atoms with Gasteiger partial charge >= 0.3 is 7.12 Å². The highest BCUT2D eigenvalue weighted by Crippen LogP contribution is 2.25. The van der Waals surface area contributed by atoms with Gasteiger partial charge in [-0.15, -0.1) is 0 Å². The summed E-state index contributed by atoms with van der Waals surface area (Å²) in [5.41, 5.74) is 2.27. The Balaban J connectivity index is 1.93. The van der Waals surface area contributed by atoms with Crippen molar-refractivity contribution in [2.24, 2.45) is 5.41 Å². The lowest BCUT2D eigenvalue weighted by molar-refractivity contribution is 0.0342. The molecule has 0 aliphatic carbocycles. The van der Waals surface area contributed by atoms with Gasteiger partial charge in [-0.25, -0.2) is 0 Å². The van der Waals surface area contributed by atoms with Crippen LogP contribution in [0.2, 0.25) is 0 Å². The SMILES string of the molecule is CC1CCc2c(B3OCC(C)(C)CO3)ccc(=O)n21. The Morgan fingerprint density at radius 2 is 2.00 bits per heavy atom. The fourth-order valence-corrected chi connectivity index (χ4v) is 2.92. The van der Waals surface area contributed by atoms with Gasteiger partial charge in [0.1, 0.15) is 0 Å². The summed E-state index contributed by atoms with van der Waals surface area (Å²) in [6.07, 6.45) is 1.95. The van der Waals surface area contributed by atoms with Crippen LogP contribution in [0, 0.1) is 5.41 Å². The minimum absolute atomic E-state index is 0.0680. The standard InChI is InChI=1S/C14H20BNO3/c1-10-4-6-12-11(5-7-13(17)16(10)12)15-18-8-14(2,3)9-19-15/h5,7,10H,4,6,8-9H2,1-3H3. The third-order valence-electron chi connectivity index (χ3n) is 4.01. The second-order valence-electron chi connectivity index (χ2n) is 6.45. The van der Waals surface area contributed by atoms with Gasteiger partial charge < -0.3 is 13.9 Å². The van der Waals surface area contributed by atoms with Crippen LogP contribution in [0.15, 0.2) is 16.9 Å². The fourth-order valence-electron chi connectivity index (χ4n) is 2.92. The van der Waals surface area contributed by atoms with Gasteiger partial charge in [0, 0.05) is 41.9 Å². The minimum atomic E-state index is -0.319. The Morgan fingerprint density at radius 3 is 2.68 bits per heavy atom. The largest absolute Gasteiger partial charge is 0.495 e. The van der Waals surface area contributed by atoms with E-state index in [1.807, 2.05) is 10.6 Å². The maximum Gasteiger partial charge on any atom is 0.495 e. The van der Waals surface area contributed by atoms with Crippen LogP contribution in [0.3, 0.4) is 0 Å². The van der Waals surface area contributed by atoms with E-state index < -0.39 is 0 Å². The van der Waals surface area contributed by atoms with Crippen LogP contribution in [0.1, 0.15) is 38.9 Å². The predicted molar refractivity (Wildman–Crippen MR) is 74.8 cm³/mol. The Bertz CT molecular complexity index is 542. The molecule has 102 valence electrons. The Morgan fingerprint density at radius 1 is 1.32 bits per heavy atom. The zero-order valence-corrected chi connectivity index (χ0v) is 11.8. The minimum Gasteiger partial charge on any atom is -0.407 e. The second-order valence-corrected chi connectivity index (χ2v) is 6.45. The first-order valence-corrected chi connectivity index (χ1v) is 6.95.